The number of hydrogen-bond acceptors (Lipinski definition) is 2. The van der Waals surface area contributed by atoms with Crippen LogP contribution in [-0.2, 0) is 0 Å². The molecule has 2 N–H and O–H groups in total. The van der Waals surface area contributed by atoms with Crippen LogP contribution in [0.25, 0.3) is 11.1 Å². The van der Waals surface area contributed by atoms with Crippen LogP contribution in [0.15, 0.2) is 48.5 Å². The minimum Gasteiger partial charge on any atom is -0.429 e. The van der Waals surface area contributed by atoms with Gasteiger partial charge in [-0.05, 0) is 18.6 Å². The summed E-state index contributed by atoms with van der Waals surface area (Å²) in [4.78, 5) is 0. The van der Waals surface area contributed by atoms with E-state index in [4.69, 9.17) is 10.0 Å². The van der Waals surface area contributed by atoms with Gasteiger partial charge in [0, 0.05) is 5.56 Å². The Kier molecular flexibility index (Phi) is 5.40. The highest BCUT2D eigenvalue weighted by atomic mass is 19.1. The van der Waals surface area contributed by atoms with Gasteiger partial charge >= 0.3 is 7.69 Å². The Hall–Kier alpha value is -1.65. The maximum atomic E-state index is 13.4. The van der Waals surface area contributed by atoms with Crippen molar-refractivity contribution >= 4 is 7.69 Å². The third-order valence-corrected chi connectivity index (χ3v) is 2.24. The molecule has 0 saturated carbocycles. The lowest BCUT2D eigenvalue weighted by Crippen LogP contribution is -1.83. The molecule has 4 heteroatoms. The lowest BCUT2D eigenvalue weighted by molar-refractivity contribution is 0.448. The van der Waals surface area contributed by atoms with E-state index in [0.717, 1.165) is 5.56 Å². The van der Waals surface area contributed by atoms with E-state index < -0.39 is 0 Å². The van der Waals surface area contributed by atoms with Crippen LogP contribution in [0.4, 0.5) is 4.39 Å². The molecule has 87 valence electrons. The van der Waals surface area contributed by atoms with Crippen molar-refractivity contribution in [3.8, 4) is 11.1 Å². The summed E-state index contributed by atoms with van der Waals surface area (Å²) in [6.45, 7) is 2.02. The first-order valence-corrected chi connectivity index (χ1v) is 5.10. The molecule has 0 saturated heterocycles. The van der Waals surface area contributed by atoms with E-state index >= 15 is 0 Å². The Morgan fingerprint density at radius 2 is 1.47 bits per heavy atom. The van der Waals surface area contributed by atoms with Gasteiger partial charge in [0.15, 0.2) is 0 Å². The smallest absolute Gasteiger partial charge is 0.429 e. The van der Waals surface area contributed by atoms with E-state index in [1.807, 2.05) is 37.3 Å². The highest BCUT2D eigenvalue weighted by Crippen LogP contribution is 2.22. The van der Waals surface area contributed by atoms with Crippen LogP contribution >= 0.6 is 0 Å². The van der Waals surface area contributed by atoms with Gasteiger partial charge in [0.1, 0.15) is 5.82 Å². The first-order valence-electron chi connectivity index (χ1n) is 5.10. The summed E-state index contributed by atoms with van der Waals surface area (Å²) in [7, 11) is 0. The maximum Gasteiger partial charge on any atom is 0.482 e. The molecule has 0 amide bonds. The van der Waals surface area contributed by atoms with Crippen molar-refractivity contribution in [2.24, 2.45) is 0 Å². The van der Waals surface area contributed by atoms with Gasteiger partial charge in [0.05, 0.1) is 0 Å². The molecule has 2 aromatic carbocycles. The van der Waals surface area contributed by atoms with E-state index in [0.29, 0.717) is 5.56 Å². The summed E-state index contributed by atoms with van der Waals surface area (Å²) >= 11 is 0. The molecule has 2 nitrogen and oxygen atoms in total. The van der Waals surface area contributed by atoms with Gasteiger partial charge in [0.2, 0.25) is 0 Å². The zero-order chi connectivity index (χ0) is 12.7. The van der Waals surface area contributed by atoms with Gasteiger partial charge in [-0.15, -0.1) is 0 Å². The summed E-state index contributed by atoms with van der Waals surface area (Å²) in [5.74, 6) is -0.170. The van der Waals surface area contributed by atoms with Crippen LogP contribution in [0.5, 0.6) is 0 Å². The van der Waals surface area contributed by atoms with E-state index in [1.165, 1.54) is 11.6 Å². The fourth-order valence-electron chi connectivity index (χ4n) is 1.43. The second kappa shape index (κ2) is 6.83. The Bertz CT molecular complexity index is 457. The van der Waals surface area contributed by atoms with Gasteiger partial charge in [-0.25, -0.2) is 4.39 Å². The van der Waals surface area contributed by atoms with Gasteiger partial charge in [-0.3, -0.25) is 0 Å². The Morgan fingerprint density at radius 1 is 0.941 bits per heavy atom. The first kappa shape index (κ1) is 13.4. The van der Waals surface area contributed by atoms with Gasteiger partial charge in [-0.1, -0.05) is 48.0 Å². The van der Waals surface area contributed by atoms with Crippen molar-refractivity contribution in [2.75, 3.05) is 0 Å². The zero-order valence-corrected chi connectivity index (χ0v) is 9.47. The zero-order valence-electron chi connectivity index (χ0n) is 9.47. The molecule has 0 atom stereocenters. The molecular formula is C13H13BFO2. The SMILES string of the molecule is Cc1ccc(-c2ccccc2F)cc1.O[B]O. The van der Waals surface area contributed by atoms with E-state index in [-0.39, 0.29) is 13.5 Å². The Morgan fingerprint density at radius 3 is 2.00 bits per heavy atom. The number of benzene rings is 2. The molecular weight excluding hydrogens is 218 g/mol. The van der Waals surface area contributed by atoms with Crippen LogP contribution < -0.4 is 0 Å². The molecule has 1 radical (unpaired) electrons. The highest BCUT2D eigenvalue weighted by molar-refractivity contribution is 6.13. The molecule has 0 aliphatic carbocycles. The molecule has 2 rings (SSSR count). The Labute approximate surface area is 101 Å². The van der Waals surface area contributed by atoms with E-state index in [2.05, 4.69) is 0 Å². The first-order chi connectivity index (χ1) is 8.19. The third-order valence-electron chi connectivity index (χ3n) is 2.24. The molecule has 0 aliphatic rings. The topological polar surface area (TPSA) is 40.5 Å². The summed E-state index contributed by atoms with van der Waals surface area (Å²) < 4.78 is 13.4. The van der Waals surface area contributed by atoms with Gasteiger partial charge in [0.25, 0.3) is 0 Å². The molecule has 0 aliphatic heterocycles. The fourth-order valence-corrected chi connectivity index (χ4v) is 1.43. The van der Waals surface area contributed by atoms with Crippen molar-refractivity contribution in [3.63, 3.8) is 0 Å². The van der Waals surface area contributed by atoms with Crippen molar-refractivity contribution in [3.05, 3.63) is 59.9 Å². The minimum atomic E-state index is -0.170. The van der Waals surface area contributed by atoms with Crippen molar-refractivity contribution in [2.45, 2.75) is 6.92 Å². The molecule has 0 aromatic heterocycles. The molecule has 0 fully saturated rings. The normalized spacial score (nSPS) is 9.18. The summed E-state index contributed by atoms with van der Waals surface area (Å²) in [5.41, 5.74) is 2.77. The monoisotopic (exact) mass is 231 g/mol. The molecule has 0 unspecified atom stereocenters. The van der Waals surface area contributed by atoms with E-state index in [1.54, 1.807) is 12.1 Å². The number of rotatable bonds is 1. The van der Waals surface area contributed by atoms with Crippen LogP contribution in [0.3, 0.4) is 0 Å². The average molecular weight is 231 g/mol. The average Bonchev–Trinajstić information content (AvgIpc) is 2.32. The number of hydrogen-bond donors (Lipinski definition) is 2. The third kappa shape index (κ3) is 4.02. The lowest BCUT2D eigenvalue weighted by atomic mass is 10.0. The molecule has 0 bridgehead atoms. The van der Waals surface area contributed by atoms with Crippen LogP contribution in [-0.4, -0.2) is 17.7 Å². The van der Waals surface area contributed by atoms with Crippen LogP contribution in [0.1, 0.15) is 5.56 Å². The van der Waals surface area contributed by atoms with Crippen LogP contribution in [0, 0.1) is 12.7 Å². The van der Waals surface area contributed by atoms with Crippen molar-refractivity contribution in [1.82, 2.24) is 0 Å². The van der Waals surface area contributed by atoms with E-state index in [9.17, 15) is 4.39 Å². The second-order valence-corrected chi connectivity index (χ2v) is 3.46. The minimum absolute atomic E-state index is 0. The molecule has 0 heterocycles. The number of halogens is 1. The van der Waals surface area contributed by atoms with Crippen LogP contribution in [0.2, 0.25) is 0 Å². The lowest BCUT2D eigenvalue weighted by Gasteiger charge is -2.02. The molecule has 2 aromatic rings. The maximum absolute atomic E-state index is 13.4. The Balaban J connectivity index is 0.000000437. The quantitative estimate of drug-likeness (QED) is 0.739. The standard InChI is InChI=1S/C13H11F.BH2O2/c1-10-6-8-11(9-7-10)12-4-2-3-5-13(12)14;2-1-3/h2-9H,1H3;2-3H. The number of aryl methyl sites for hydroxylation is 1. The van der Waals surface area contributed by atoms with Crippen molar-refractivity contribution < 1.29 is 14.4 Å². The summed E-state index contributed by atoms with van der Waals surface area (Å²) in [5, 5.41) is 14.0. The largest absolute Gasteiger partial charge is 0.482 e. The fraction of sp³-hybridized carbons (Fsp3) is 0.0769. The molecule has 0 spiro atoms. The second-order valence-electron chi connectivity index (χ2n) is 3.46. The van der Waals surface area contributed by atoms with Gasteiger partial charge < -0.3 is 10.0 Å². The predicted molar refractivity (Wildman–Crippen MR) is 66.8 cm³/mol. The molecule has 17 heavy (non-hydrogen) atoms. The van der Waals surface area contributed by atoms with Gasteiger partial charge in [-0.2, -0.15) is 0 Å². The summed E-state index contributed by atoms with van der Waals surface area (Å²) in [6.07, 6.45) is 0. The highest BCUT2D eigenvalue weighted by Gasteiger charge is 2.02. The predicted octanol–water partition coefficient (Wildman–Crippen LogP) is 2.31. The van der Waals surface area contributed by atoms with Crippen molar-refractivity contribution in [1.29, 1.82) is 0 Å². The summed E-state index contributed by atoms with van der Waals surface area (Å²) in [6, 6.07) is 14.7.